The minimum absolute atomic E-state index is 0.0648. The second kappa shape index (κ2) is 5.64. The first-order valence-corrected chi connectivity index (χ1v) is 7.82. The van der Waals surface area contributed by atoms with Crippen molar-refractivity contribution < 1.29 is 8.42 Å². The quantitative estimate of drug-likeness (QED) is 0.778. The molecule has 7 heteroatoms. The predicted molar refractivity (Wildman–Crippen MR) is 77.8 cm³/mol. The average molecular weight is 294 g/mol. The van der Waals surface area contributed by atoms with Gasteiger partial charge in [0.2, 0.25) is 0 Å². The molecule has 0 aliphatic heterocycles. The smallest absolute Gasteiger partial charge is 0.265 e. The second-order valence-corrected chi connectivity index (χ2v) is 6.10. The number of nitrogens with zero attached hydrogens (tertiary/aromatic N) is 1. The summed E-state index contributed by atoms with van der Waals surface area (Å²) in [6.45, 7) is 3.76. The SMILES string of the molecule is CCc1ccc(NS(=O)(=O)c2c(CN)n[nH]c2C)cc1. The van der Waals surface area contributed by atoms with Crippen LogP contribution in [0.4, 0.5) is 5.69 Å². The fourth-order valence-electron chi connectivity index (χ4n) is 1.98. The zero-order valence-electron chi connectivity index (χ0n) is 11.5. The Kier molecular flexibility index (Phi) is 4.10. The van der Waals surface area contributed by atoms with Crippen LogP contribution in [0.3, 0.4) is 0 Å². The van der Waals surface area contributed by atoms with Crippen molar-refractivity contribution >= 4 is 15.7 Å². The Labute approximate surface area is 118 Å². The fraction of sp³-hybridized carbons (Fsp3) is 0.308. The molecule has 0 aliphatic carbocycles. The molecule has 0 bridgehead atoms. The van der Waals surface area contributed by atoms with Gasteiger partial charge in [0.1, 0.15) is 4.90 Å². The lowest BCUT2D eigenvalue weighted by Crippen LogP contribution is -2.16. The lowest BCUT2D eigenvalue weighted by atomic mass is 10.2. The van der Waals surface area contributed by atoms with Crippen molar-refractivity contribution in [3.05, 3.63) is 41.2 Å². The van der Waals surface area contributed by atoms with Crippen LogP contribution in [0.2, 0.25) is 0 Å². The summed E-state index contributed by atoms with van der Waals surface area (Å²) >= 11 is 0. The topological polar surface area (TPSA) is 101 Å². The highest BCUT2D eigenvalue weighted by atomic mass is 32.2. The number of anilines is 1. The normalized spacial score (nSPS) is 11.6. The Hall–Kier alpha value is -1.86. The third-order valence-corrected chi connectivity index (χ3v) is 4.62. The van der Waals surface area contributed by atoms with Gasteiger partial charge in [-0.15, -0.1) is 0 Å². The number of nitrogens with one attached hydrogen (secondary N) is 2. The fourth-order valence-corrected chi connectivity index (χ4v) is 3.42. The molecule has 0 fully saturated rings. The summed E-state index contributed by atoms with van der Waals surface area (Å²) in [6.07, 6.45) is 0.908. The maximum atomic E-state index is 12.4. The molecule has 0 unspecified atom stereocenters. The van der Waals surface area contributed by atoms with Crippen LogP contribution in [-0.4, -0.2) is 18.6 Å². The minimum Gasteiger partial charge on any atom is -0.325 e. The first kappa shape index (κ1) is 14.5. The predicted octanol–water partition coefficient (Wildman–Crippen LogP) is 1.54. The molecule has 0 saturated heterocycles. The van der Waals surface area contributed by atoms with Crippen molar-refractivity contribution in [1.29, 1.82) is 0 Å². The van der Waals surface area contributed by atoms with Gasteiger partial charge in [0, 0.05) is 12.2 Å². The third kappa shape index (κ3) is 2.83. The molecule has 108 valence electrons. The Bertz CT molecular complexity index is 690. The van der Waals surface area contributed by atoms with Gasteiger partial charge in [-0.3, -0.25) is 9.82 Å². The van der Waals surface area contributed by atoms with Crippen LogP contribution in [0, 0.1) is 6.92 Å². The van der Waals surface area contributed by atoms with E-state index in [1.54, 1.807) is 19.1 Å². The summed E-state index contributed by atoms with van der Waals surface area (Å²) in [6, 6.07) is 7.27. The largest absolute Gasteiger partial charge is 0.325 e. The van der Waals surface area contributed by atoms with Crippen molar-refractivity contribution in [2.24, 2.45) is 5.73 Å². The van der Waals surface area contributed by atoms with Gasteiger partial charge >= 0.3 is 0 Å². The molecule has 1 heterocycles. The zero-order valence-corrected chi connectivity index (χ0v) is 12.3. The molecule has 4 N–H and O–H groups in total. The van der Waals surface area contributed by atoms with Gasteiger partial charge in [0.05, 0.1) is 11.4 Å². The van der Waals surface area contributed by atoms with Crippen molar-refractivity contribution in [1.82, 2.24) is 10.2 Å². The number of hydrogen-bond acceptors (Lipinski definition) is 4. The number of aryl methyl sites for hydroxylation is 2. The number of aromatic nitrogens is 2. The maximum absolute atomic E-state index is 12.4. The number of benzene rings is 1. The van der Waals surface area contributed by atoms with Crippen LogP contribution < -0.4 is 10.5 Å². The highest BCUT2D eigenvalue weighted by Gasteiger charge is 2.23. The summed E-state index contributed by atoms with van der Waals surface area (Å²) in [4.78, 5) is 0.125. The van der Waals surface area contributed by atoms with E-state index in [1.165, 1.54) is 0 Å². The van der Waals surface area contributed by atoms with Crippen molar-refractivity contribution in [3.63, 3.8) is 0 Å². The number of nitrogens with two attached hydrogens (primary N) is 1. The second-order valence-electron chi connectivity index (χ2n) is 4.48. The van der Waals surface area contributed by atoms with Gasteiger partial charge in [-0.05, 0) is 31.0 Å². The molecular formula is C13H18N4O2S. The average Bonchev–Trinajstić information content (AvgIpc) is 2.81. The Balaban J connectivity index is 2.32. The maximum Gasteiger partial charge on any atom is 0.265 e. The molecule has 0 saturated carbocycles. The molecule has 2 aromatic rings. The van der Waals surface area contributed by atoms with Gasteiger partial charge in [0.25, 0.3) is 10.0 Å². The van der Waals surface area contributed by atoms with Crippen LogP contribution in [0.25, 0.3) is 0 Å². The Morgan fingerprint density at radius 3 is 2.50 bits per heavy atom. The molecule has 0 radical (unpaired) electrons. The molecule has 1 aromatic carbocycles. The van der Waals surface area contributed by atoms with Crippen LogP contribution in [0.5, 0.6) is 0 Å². The summed E-state index contributed by atoms with van der Waals surface area (Å²) in [5.74, 6) is 0. The number of aromatic amines is 1. The summed E-state index contributed by atoms with van der Waals surface area (Å²) < 4.78 is 27.3. The molecule has 1 aromatic heterocycles. The van der Waals surface area contributed by atoms with E-state index >= 15 is 0 Å². The molecule has 0 atom stereocenters. The highest BCUT2D eigenvalue weighted by Crippen LogP contribution is 2.21. The lowest BCUT2D eigenvalue weighted by Gasteiger charge is -2.09. The molecule has 2 rings (SSSR count). The molecular weight excluding hydrogens is 276 g/mol. The first-order chi connectivity index (χ1) is 9.47. The standard InChI is InChI=1S/C13H18N4O2S/c1-3-10-4-6-11(7-5-10)17-20(18,19)13-9(2)15-16-12(13)8-14/h4-7,17H,3,8,14H2,1-2H3,(H,15,16). The number of hydrogen-bond donors (Lipinski definition) is 3. The molecule has 0 spiro atoms. The van der Waals surface area contributed by atoms with Crippen LogP contribution in [-0.2, 0) is 23.0 Å². The summed E-state index contributed by atoms with van der Waals surface area (Å²) in [7, 11) is -3.69. The van der Waals surface area contributed by atoms with Crippen molar-refractivity contribution in [2.45, 2.75) is 31.7 Å². The van der Waals surface area contributed by atoms with Gasteiger partial charge in [-0.2, -0.15) is 5.10 Å². The third-order valence-electron chi connectivity index (χ3n) is 3.04. The van der Waals surface area contributed by atoms with E-state index in [-0.39, 0.29) is 11.4 Å². The van der Waals surface area contributed by atoms with E-state index in [2.05, 4.69) is 14.9 Å². The van der Waals surface area contributed by atoms with Crippen LogP contribution in [0.1, 0.15) is 23.9 Å². The monoisotopic (exact) mass is 294 g/mol. The molecule has 20 heavy (non-hydrogen) atoms. The zero-order chi connectivity index (χ0) is 14.8. The van der Waals surface area contributed by atoms with E-state index in [9.17, 15) is 8.42 Å². The summed E-state index contributed by atoms with van der Waals surface area (Å²) in [5, 5.41) is 6.55. The first-order valence-electron chi connectivity index (χ1n) is 6.33. The Morgan fingerprint density at radius 1 is 1.30 bits per heavy atom. The van der Waals surface area contributed by atoms with Crippen molar-refractivity contribution in [3.8, 4) is 0 Å². The highest BCUT2D eigenvalue weighted by molar-refractivity contribution is 7.92. The Morgan fingerprint density at radius 2 is 1.95 bits per heavy atom. The number of H-pyrrole nitrogens is 1. The lowest BCUT2D eigenvalue weighted by molar-refractivity contribution is 0.599. The number of sulfonamides is 1. The molecule has 6 nitrogen and oxygen atoms in total. The molecule has 0 amide bonds. The molecule has 0 aliphatic rings. The van der Waals surface area contributed by atoms with E-state index in [1.807, 2.05) is 19.1 Å². The van der Waals surface area contributed by atoms with Gasteiger partial charge < -0.3 is 5.73 Å². The van der Waals surface area contributed by atoms with Gasteiger partial charge in [-0.25, -0.2) is 8.42 Å². The van der Waals surface area contributed by atoms with Crippen LogP contribution in [0.15, 0.2) is 29.2 Å². The van der Waals surface area contributed by atoms with E-state index < -0.39 is 10.0 Å². The van der Waals surface area contributed by atoms with E-state index in [0.717, 1.165) is 12.0 Å². The van der Waals surface area contributed by atoms with E-state index in [0.29, 0.717) is 17.1 Å². The van der Waals surface area contributed by atoms with Crippen molar-refractivity contribution in [2.75, 3.05) is 4.72 Å². The summed E-state index contributed by atoms with van der Waals surface area (Å²) in [5.41, 5.74) is 7.99. The number of rotatable bonds is 5. The van der Waals surface area contributed by atoms with Crippen LogP contribution >= 0.6 is 0 Å². The minimum atomic E-state index is -3.69. The van der Waals surface area contributed by atoms with Gasteiger partial charge in [0.15, 0.2) is 0 Å². The van der Waals surface area contributed by atoms with E-state index in [4.69, 9.17) is 5.73 Å². The van der Waals surface area contributed by atoms with Gasteiger partial charge in [-0.1, -0.05) is 19.1 Å².